The Morgan fingerprint density at radius 3 is 2.39 bits per heavy atom. The molecule has 0 spiro atoms. The second kappa shape index (κ2) is 7.53. The lowest BCUT2D eigenvalue weighted by Gasteiger charge is -2.31. The largest absolute Gasteiger partial charge is 0.388 e. The maximum Gasteiger partial charge on any atom is 0.179 e. The van der Waals surface area contributed by atoms with E-state index in [1.165, 1.54) is 0 Å². The molecule has 0 aromatic heterocycles. The molecule has 2 aromatic carbocycles. The highest BCUT2D eigenvalue weighted by atomic mass is 16.3. The van der Waals surface area contributed by atoms with Crippen LogP contribution in [0.25, 0.3) is 0 Å². The van der Waals surface area contributed by atoms with Crippen LogP contribution in [0.2, 0.25) is 0 Å². The van der Waals surface area contributed by atoms with Crippen LogP contribution in [0.4, 0.5) is 0 Å². The number of carbonyl (C=O) groups is 1. The van der Waals surface area contributed by atoms with E-state index in [-0.39, 0.29) is 17.9 Å². The number of aliphatic hydroxyl groups excluding tert-OH is 1. The molecule has 1 heterocycles. The summed E-state index contributed by atoms with van der Waals surface area (Å²) in [5.74, 6) is 0.157. The molecule has 2 N–H and O–H groups in total. The Morgan fingerprint density at radius 1 is 1.04 bits per heavy atom. The fourth-order valence-electron chi connectivity index (χ4n) is 3.30. The highest BCUT2D eigenvalue weighted by Crippen LogP contribution is 2.24. The number of hydrogen-bond donors (Lipinski definition) is 2. The van der Waals surface area contributed by atoms with Crippen LogP contribution in [0.3, 0.4) is 0 Å². The quantitative estimate of drug-likeness (QED) is 0.831. The fraction of sp³-hybridized carbons (Fsp3) is 0.350. The molecule has 1 saturated heterocycles. The third-order valence-electron chi connectivity index (χ3n) is 4.55. The van der Waals surface area contributed by atoms with Crippen LogP contribution in [-0.2, 0) is 0 Å². The summed E-state index contributed by atoms with van der Waals surface area (Å²) in [4.78, 5) is 12.6. The first-order valence-corrected chi connectivity index (χ1v) is 8.32. The number of nitrogens with one attached hydrogen (secondary N) is 1. The van der Waals surface area contributed by atoms with Crippen molar-refractivity contribution in [3.8, 4) is 0 Å². The highest BCUT2D eigenvalue weighted by molar-refractivity contribution is 6.00. The van der Waals surface area contributed by atoms with Crippen LogP contribution in [0.5, 0.6) is 0 Å². The molecule has 3 rings (SSSR count). The van der Waals surface area contributed by atoms with Crippen LogP contribution in [0.15, 0.2) is 60.7 Å². The molecule has 0 radical (unpaired) electrons. The van der Waals surface area contributed by atoms with E-state index >= 15 is 0 Å². The maximum atomic E-state index is 12.6. The van der Waals surface area contributed by atoms with Gasteiger partial charge < -0.3 is 10.4 Å². The summed E-state index contributed by atoms with van der Waals surface area (Å²) in [6, 6.07) is 19.2. The van der Waals surface area contributed by atoms with Gasteiger partial charge >= 0.3 is 0 Å². The number of piperidine rings is 1. The number of hydrogen-bond acceptors (Lipinski definition) is 3. The molecule has 0 aliphatic carbocycles. The number of ketones is 1. The van der Waals surface area contributed by atoms with Crippen molar-refractivity contribution >= 4 is 5.78 Å². The minimum absolute atomic E-state index is 0.140. The third kappa shape index (κ3) is 4.06. The van der Waals surface area contributed by atoms with Gasteiger partial charge in [0.25, 0.3) is 0 Å². The molecule has 3 nitrogen and oxygen atoms in total. The Kier molecular flexibility index (Phi) is 5.21. The van der Waals surface area contributed by atoms with Gasteiger partial charge in [0.15, 0.2) is 5.78 Å². The van der Waals surface area contributed by atoms with Crippen molar-refractivity contribution < 1.29 is 9.90 Å². The van der Waals surface area contributed by atoms with Crippen molar-refractivity contribution in [1.82, 2.24) is 5.32 Å². The molecule has 1 aliphatic rings. The van der Waals surface area contributed by atoms with E-state index in [9.17, 15) is 9.90 Å². The predicted molar refractivity (Wildman–Crippen MR) is 91.4 cm³/mol. The van der Waals surface area contributed by atoms with Gasteiger partial charge in [-0.3, -0.25) is 4.79 Å². The summed E-state index contributed by atoms with van der Waals surface area (Å²) >= 11 is 0. The van der Waals surface area contributed by atoms with Crippen LogP contribution in [0.1, 0.15) is 47.7 Å². The second-order valence-corrected chi connectivity index (χ2v) is 6.24. The first kappa shape index (κ1) is 15.9. The molecule has 1 fully saturated rings. The summed E-state index contributed by atoms with van der Waals surface area (Å²) in [5, 5.41) is 13.8. The molecule has 0 amide bonds. The lowest BCUT2D eigenvalue weighted by molar-refractivity contribution is 0.0882. The standard InChI is InChI=1S/C20H23NO2/c22-19(15-8-3-1-4-9-15)14-17-12-7-13-18(21-17)20(23)16-10-5-2-6-11-16/h1-6,8-11,17-19,21-22H,7,12-14H2/t17-,18-,19+/m0/s1. The van der Waals surface area contributed by atoms with Crippen molar-refractivity contribution in [2.45, 2.75) is 43.9 Å². The van der Waals surface area contributed by atoms with E-state index < -0.39 is 6.10 Å². The summed E-state index contributed by atoms with van der Waals surface area (Å²) < 4.78 is 0. The smallest absolute Gasteiger partial charge is 0.179 e. The molecule has 3 atom stereocenters. The SMILES string of the molecule is O=C(c1ccccc1)[C@@H]1CCC[C@@H](C[C@@H](O)c2ccccc2)N1. The predicted octanol–water partition coefficient (Wildman–Crippen LogP) is 3.50. The molecule has 0 bridgehead atoms. The zero-order valence-corrected chi connectivity index (χ0v) is 13.2. The molecular formula is C20H23NO2. The van der Waals surface area contributed by atoms with Crippen LogP contribution in [-0.4, -0.2) is 23.0 Å². The summed E-state index contributed by atoms with van der Waals surface area (Å²) in [6.07, 6.45) is 3.04. The summed E-state index contributed by atoms with van der Waals surface area (Å²) in [7, 11) is 0. The lowest BCUT2D eigenvalue weighted by atomic mass is 9.89. The number of rotatable bonds is 5. The van der Waals surface area contributed by atoms with Gasteiger partial charge in [0.1, 0.15) is 0 Å². The lowest BCUT2D eigenvalue weighted by Crippen LogP contribution is -2.47. The molecule has 1 aliphatic heterocycles. The summed E-state index contributed by atoms with van der Waals surface area (Å²) in [6.45, 7) is 0. The topological polar surface area (TPSA) is 49.3 Å². The van der Waals surface area contributed by atoms with Crippen molar-refractivity contribution in [1.29, 1.82) is 0 Å². The Labute approximate surface area is 137 Å². The Hall–Kier alpha value is -1.97. The average Bonchev–Trinajstić information content (AvgIpc) is 2.63. The molecule has 23 heavy (non-hydrogen) atoms. The Bertz CT molecular complexity index is 627. The average molecular weight is 309 g/mol. The van der Waals surface area contributed by atoms with E-state index in [1.54, 1.807) is 0 Å². The normalized spacial score (nSPS) is 22.5. The zero-order valence-electron chi connectivity index (χ0n) is 13.2. The first-order chi connectivity index (χ1) is 11.2. The van der Waals surface area contributed by atoms with E-state index in [2.05, 4.69) is 5.32 Å². The van der Waals surface area contributed by atoms with Crippen molar-refractivity contribution in [3.63, 3.8) is 0 Å². The monoisotopic (exact) mass is 309 g/mol. The first-order valence-electron chi connectivity index (χ1n) is 8.32. The van der Waals surface area contributed by atoms with Gasteiger partial charge in [0.2, 0.25) is 0 Å². The van der Waals surface area contributed by atoms with Crippen molar-refractivity contribution in [2.75, 3.05) is 0 Å². The Balaban J connectivity index is 1.61. The maximum absolute atomic E-state index is 12.6. The van der Waals surface area contributed by atoms with Gasteiger partial charge in [0, 0.05) is 11.6 Å². The van der Waals surface area contributed by atoms with Crippen LogP contribution in [0, 0.1) is 0 Å². The molecule has 120 valence electrons. The van der Waals surface area contributed by atoms with Crippen molar-refractivity contribution in [2.24, 2.45) is 0 Å². The van der Waals surface area contributed by atoms with Gasteiger partial charge in [-0.1, -0.05) is 60.7 Å². The molecule has 3 heteroatoms. The Morgan fingerprint density at radius 2 is 1.70 bits per heavy atom. The number of carbonyl (C=O) groups excluding carboxylic acids is 1. The number of Topliss-reactive ketones (excluding diaryl/α,β-unsaturated/α-hetero) is 1. The fourth-order valence-corrected chi connectivity index (χ4v) is 3.30. The van der Waals surface area contributed by atoms with Gasteiger partial charge in [0.05, 0.1) is 12.1 Å². The van der Waals surface area contributed by atoms with Gasteiger partial charge in [-0.2, -0.15) is 0 Å². The molecular weight excluding hydrogens is 286 g/mol. The van der Waals surface area contributed by atoms with Gasteiger partial charge in [-0.05, 0) is 31.2 Å². The zero-order chi connectivity index (χ0) is 16.1. The molecule has 0 unspecified atom stereocenters. The molecule has 0 saturated carbocycles. The third-order valence-corrected chi connectivity index (χ3v) is 4.55. The second-order valence-electron chi connectivity index (χ2n) is 6.24. The van der Waals surface area contributed by atoms with Gasteiger partial charge in [-0.25, -0.2) is 0 Å². The van der Waals surface area contributed by atoms with E-state index in [4.69, 9.17) is 0 Å². The summed E-state index contributed by atoms with van der Waals surface area (Å²) in [5.41, 5.74) is 1.69. The number of aliphatic hydroxyl groups is 1. The minimum atomic E-state index is -0.487. The minimum Gasteiger partial charge on any atom is -0.388 e. The van der Waals surface area contributed by atoms with E-state index in [1.807, 2.05) is 60.7 Å². The van der Waals surface area contributed by atoms with Crippen LogP contribution < -0.4 is 5.32 Å². The molecule has 2 aromatic rings. The van der Waals surface area contributed by atoms with Crippen LogP contribution >= 0.6 is 0 Å². The highest BCUT2D eigenvalue weighted by Gasteiger charge is 2.28. The van der Waals surface area contributed by atoms with E-state index in [0.29, 0.717) is 6.42 Å². The number of benzene rings is 2. The van der Waals surface area contributed by atoms with Gasteiger partial charge in [-0.15, -0.1) is 0 Å². The van der Waals surface area contributed by atoms with Crippen molar-refractivity contribution in [3.05, 3.63) is 71.8 Å². The van der Waals surface area contributed by atoms with E-state index in [0.717, 1.165) is 30.4 Å².